The number of benzene rings is 1. The van der Waals surface area contributed by atoms with Gasteiger partial charge in [-0.15, -0.1) is 11.3 Å². The van der Waals surface area contributed by atoms with Gasteiger partial charge in [-0.25, -0.2) is 4.98 Å². The van der Waals surface area contributed by atoms with E-state index in [4.69, 9.17) is 4.74 Å². The highest BCUT2D eigenvalue weighted by atomic mass is 32.1. The Morgan fingerprint density at radius 3 is 2.75 bits per heavy atom. The molecule has 0 saturated carbocycles. The lowest BCUT2D eigenvalue weighted by Gasteiger charge is -2.20. The molecule has 20 heavy (non-hydrogen) atoms. The maximum Gasteiger partial charge on any atom is 0.123 e. The Kier molecular flexibility index (Phi) is 5.15. The first-order chi connectivity index (χ1) is 9.63. The molecule has 0 fully saturated rings. The predicted molar refractivity (Wildman–Crippen MR) is 84.7 cm³/mol. The number of likely N-dealkylation sites (N-methyl/N-ethyl adjacent to an activating group) is 1. The largest absolute Gasteiger partial charge is 0.496 e. The zero-order valence-electron chi connectivity index (χ0n) is 12.6. The summed E-state index contributed by atoms with van der Waals surface area (Å²) in [4.78, 5) is 4.57. The van der Waals surface area contributed by atoms with Gasteiger partial charge in [0.1, 0.15) is 5.75 Å². The summed E-state index contributed by atoms with van der Waals surface area (Å²) in [7, 11) is 1.73. The molecule has 0 aliphatic heterocycles. The van der Waals surface area contributed by atoms with Crippen LogP contribution in [0.4, 0.5) is 0 Å². The van der Waals surface area contributed by atoms with Crippen LogP contribution in [-0.4, -0.2) is 18.6 Å². The Hall–Kier alpha value is -1.39. The summed E-state index contributed by atoms with van der Waals surface area (Å²) >= 11 is 1.72. The second kappa shape index (κ2) is 6.86. The third kappa shape index (κ3) is 3.58. The second-order valence-corrected chi connectivity index (χ2v) is 5.89. The van der Waals surface area contributed by atoms with Crippen LogP contribution in [0.25, 0.3) is 0 Å². The van der Waals surface area contributed by atoms with Crippen LogP contribution >= 0.6 is 11.3 Å². The molecule has 2 aromatic rings. The normalized spacial score (nSPS) is 12.4. The number of methoxy groups -OCH3 is 1. The first kappa shape index (κ1) is 15.0. The zero-order valence-corrected chi connectivity index (χ0v) is 13.4. The van der Waals surface area contributed by atoms with Gasteiger partial charge in [-0.2, -0.15) is 0 Å². The highest BCUT2D eigenvalue weighted by Gasteiger charge is 2.17. The van der Waals surface area contributed by atoms with E-state index in [1.54, 1.807) is 18.4 Å². The van der Waals surface area contributed by atoms with Crippen molar-refractivity contribution in [3.05, 3.63) is 45.4 Å². The molecule has 0 saturated heterocycles. The summed E-state index contributed by atoms with van der Waals surface area (Å²) < 4.78 is 5.54. The van der Waals surface area contributed by atoms with Crippen LogP contribution in [0.3, 0.4) is 0 Å². The molecule has 0 spiro atoms. The van der Waals surface area contributed by atoms with Gasteiger partial charge < -0.3 is 10.1 Å². The van der Waals surface area contributed by atoms with Crippen molar-refractivity contribution in [3.8, 4) is 5.75 Å². The Morgan fingerprint density at radius 1 is 1.35 bits per heavy atom. The molecule has 0 radical (unpaired) electrons. The third-order valence-electron chi connectivity index (χ3n) is 3.26. The highest BCUT2D eigenvalue weighted by Crippen LogP contribution is 2.29. The molecule has 0 amide bonds. The average molecular weight is 290 g/mol. The number of aromatic nitrogens is 1. The van der Waals surface area contributed by atoms with Crippen LogP contribution in [0.5, 0.6) is 5.75 Å². The van der Waals surface area contributed by atoms with Crippen molar-refractivity contribution in [1.29, 1.82) is 0 Å². The first-order valence-corrected chi connectivity index (χ1v) is 7.81. The maximum atomic E-state index is 5.54. The summed E-state index contributed by atoms with van der Waals surface area (Å²) in [6.45, 7) is 7.17. The van der Waals surface area contributed by atoms with Crippen LogP contribution in [0.1, 0.15) is 34.8 Å². The number of rotatable bonds is 6. The predicted octanol–water partition coefficient (Wildman–Crippen LogP) is 3.66. The van der Waals surface area contributed by atoms with Gasteiger partial charge in [0, 0.05) is 29.1 Å². The molecule has 2 rings (SSSR count). The Bertz CT molecular complexity index is 565. The molecule has 1 aromatic carbocycles. The molecule has 3 nitrogen and oxygen atoms in total. The number of aryl methyl sites for hydroxylation is 2. The van der Waals surface area contributed by atoms with Crippen molar-refractivity contribution >= 4 is 11.3 Å². The quantitative estimate of drug-likeness (QED) is 0.881. The smallest absolute Gasteiger partial charge is 0.123 e. The van der Waals surface area contributed by atoms with Crippen LogP contribution in [0.15, 0.2) is 23.6 Å². The van der Waals surface area contributed by atoms with E-state index < -0.39 is 0 Å². The molecule has 4 heteroatoms. The molecule has 108 valence electrons. The Morgan fingerprint density at radius 2 is 2.15 bits per heavy atom. The molecular weight excluding hydrogens is 268 g/mol. The van der Waals surface area contributed by atoms with Gasteiger partial charge in [0.05, 0.1) is 12.1 Å². The highest BCUT2D eigenvalue weighted by molar-refractivity contribution is 7.09. The molecule has 0 aliphatic carbocycles. The molecule has 1 unspecified atom stereocenters. The van der Waals surface area contributed by atoms with E-state index in [-0.39, 0.29) is 6.04 Å². The van der Waals surface area contributed by atoms with Crippen molar-refractivity contribution in [2.24, 2.45) is 0 Å². The second-order valence-electron chi connectivity index (χ2n) is 4.94. The number of hydrogen-bond donors (Lipinski definition) is 1. The summed E-state index contributed by atoms with van der Waals surface area (Å²) in [6, 6.07) is 6.62. The summed E-state index contributed by atoms with van der Waals surface area (Å²) in [5, 5.41) is 6.80. The lowest BCUT2D eigenvalue weighted by molar-refractivity contribution is 0.399. The number of hydrogen-bond acceptors (Lipinski definition) is 4. The standard InChI is InChI=1S/C16H22N2OS/c1-5-17-14(9-16-18-12(3)10-20-16)13-7-6-11(2)8-15(13)19-4/h6-8,10,14,17H,5,9H2,1-4H3. The van der Waals surface area contributed by atoms with Crippen molar-refractivity contribution in [2.75, 3.05) is 13.7 Å². The van der Waals surface area contributed by atoms with E-state index >= 15 is 0 Å². The lowest BCUT2D eigenvalue weighted by atomic mass is 10.0. The number of nitrogens with one attached hydrogen (secondary N) is 1. The molecule has 1 N–H and O–H groups in total. The first-order valence-electron chi connectivity index (χ1n) is 6.93. The molecular formula is C16H22N2OS. The van der Waals surface area contributed by atoms with Gasteiger partial charge in [-0.1, -0.05) is 19.1 Å². The molecule has 1 heterocycles. The van der Waals surface area contributed by atoms with Gasteiger partial charge in [0.25, 0.3) is 0 Å². The monoisotopic (exact) mass is 290 g/mol. The fourth-order valence-electron chi connectivity index (χ4n) is 2.32. The van der Waals surface area contributed by atoms with Crippen molar-refractivity contribution in [2.45, 2.75) is 33.2 Å². The van der Waals surface area contributed by atoms with E-state index in [1.807, 2.05) is 6.92 Å². The van der Waals surface area contributed by atoms with Crippen LogP contribution in [0, 0.1) is 13.8 Å². The average Bonchev–Trinajstić information content (AvgIpc) is 2.83. The summed E-state index contributed by atoms with van der Waals surface area (Å²) in [5.74, 6) is 0.948. The SMILES string of the molecule is CCNC(Cc1nc(C)cs1)c1ccc(C)cc1OC. The molecule has 0 aliphatic rings. The van der Waals surface area contributed by atoms with Crippen LogP contribution < -0.4 is 10.1 Å². The van der Waals surface area contributed by atoms with E-state index in [1.165, 1.54) is 11.1 Å². The number of thiazole rings is 1. The van der Waals surface area contributed by atoms with Crippen molar-refractivity contribution in [3.63, 3.8) is 0 Å². The van der Waals surface area contributed by atoms with Crippen molar-refractivity contribution < 1.29 is 4.74 Å². The Labute approximate surface area is 125 Å². The van der Waals surface area contributed by atoms with E-state index in [0.29, 0.717) is 0 Å². The lowest BCUT2D eigenvalue weighted by Crippen LogP contribution is -2.23. The molecule has 1 atom stereocenters. The van der Waals surface area contributed by atoms with Crippen molar-refractivity contribution in [1.82, 2.24) is 10.3 Å². The van der Waals surface area contributed by atoms with E-state index in [9.17, 15) is 0 Å². The van der Waals surface area contributed by atoms with Gasteiger partial charge >= 0.3 is 0 Å². The van der Waals surface area contributed by atoms with Gasteiger partial charge in [-0.3, -0.25) is 0 Å². The third-order valence-corrected chi connectivity index (χ3v) is 4.25. The number of nitrogens with zero attached hydrogens (tertiary/aromatic N) is 1. The zero-order chi connectivity index (χ0) is 14.5. The molecule has 1 aromatic heterocycles. The maximum absolute atomic E-state index is 5.54. The molecule has 0 bridgehead atoms. The fraction of sp³-hybridized carbons (Fsp3) is 0.438. The van der Waals surface area contributed by atoms with Crippen LogP contribution in [0.2, 0.25) is 0 Å². The van der Waals surface area contributed by atoms with E-state index in [0.717, 1.165) is 29.4 Å². The summed E-state index contributed by atoms with van der Waals surface area (Å²) in [5.41, 5.74) is 3.51. The Balaban J connectivity index is 2.28. The number of ether oxygens (including phenoxy) is 1. The minimum absolute atomic E-state index is 0.237. The van der Waals surface area contributed by atoms with Crippen LogP contribution in [-0.2, 0) is 6.42 Å². The fourth-order valence-corrected chi connectivity index (χ4v) is 3.13. The minimum atomic E-state index is 0.237. The van der Waals surface area contributed by atoms with Gasteiger partial charge in [0.15, 0.2) is 0 Å². The topological polar surface area (TPSA) is 34.2 Å². The summed E-state index contributed by atoms with van der Waals surface area (Å²) in [6.07, 6.45) is 0.895. The van der Waals surface area contributed by atoms with Gasteiger partial charge in [0.2, 0.25) is 0 Å². The van der Waals surface area contributed by atoms with E-state index in [2.05, 4.69) is 47.7 Å². The minimum Gasteiger partial charge on any atom is -0.496 e. The van der Waals surface area contributed by atoms with Gasteiger partial charge in [-0.05, 0) is 32.0 Å².